The first-order valence-corrected chi connectivity index (χ1v) is 7.33. The number of hydrogen-bond donors (Lipinski definition) is 0. The average Bonchev–Trinajstić information content (AvgIpc) is 2.54. The largest absolute Gasteiger partial charge is 0.375 e. The third-order valence-corrected chi connectivity index (χ3v) is 4.65. The summed E-state index contributed by atoms with van der Waals surface area (Å²) in [5.74, 6) is 0.891. The Morgan fingerprint density at radius 2 is 2.12 bits per heavy atom. The van der Waals surface area contributed by atoms with Gasteiger partial charge in [0.2, 0.25) is 0 Å². The molecule has 1 nitrogen and oxygen atoms in total. The van der Waals surface area contributed by atoms with Crippen LogP contribution in [0.25, 0.3) is 0 Å². The Hall–Kier alpha value is -0.0400. The third kappa shape index (κ3) is 2.30. The van der Waals surface area contributed by atoms with Crippen LogP contribution >= 0.6 is 0 Å². The zero-order valence-corrected chi connectivity index (χ0v) is 11.3. The first kappa shape index (κ1) is 12.4. The van der Waals surface area contributed by atoms with Crippen molar-refractivity contribution in [2.24, 2.45) is 11.3 Å². The summed E-state index contributed by atoms with van der Waals surface area (Å²) in [6.45, 7) is 6.69. The molecule has 0 N–H and O–H groups in total. The highest BCUT2D eigenvalue weighted by Crippen LogP contribution is 2.58. The summed E-state index contributed by atoms with van der Waals surface area (Å²) in [5, 5.41) is 0. The molecule has 3 aliphatic rings. The van der Waals surface area contributed by atoms with E-state index in [2.05, 4.69) is 20.8 Å². The van der Waals surface area contributed by atoms with Gasteiger partial charge in [0.25, 0.3) is 0 Å². The molecule has 0 radical (unpaired) electrons. The van der Waals surface area contributed by atoms with Crippen molar-refractivity contribution in [2.75, 3.05) is 0 Å². The Morgan fingerprint density at radius 3 is 2.81 bits per heavy atom. The van der Waals surface area contributed by atoms with Gasteiger partial charge in [0, 0.05) is 0 Å². The lowest BCUT2D eigenvalue weighted by Gasteiger charge is -2.54. The van der Waals surface area contributed by atoms with E-state index in [1.54, 1.807) is 0 Å². The van der Waals surface area contributed by atoms with Crippen molar-refractivity contribution >= 4 is 0 Å². The maximum atomic E-state index is 6.23. The van der Waals surface area contributed by atoms with Gasteiger partial charge in [0.05, 0.1) is 12.2 Å². The lowest BCUT2D eigenvalue weighted by atomic mass is 9.56. The third-order valence-electron chi connectivity index (χ3n) is 4.65. The van der Waals surface area contributed by atoms with E-state index >= 15 is 0 Å². The number of rotatable bonds is 5. The summed E-state index contributed by atoms with van der Waals surface area (Å²) >= 11 is 0. The van der Waals surface area contributed by atoms with Gasteiger partial charge in [0.15, 0.2) is 0 Å². The molecule has 3 saturated carbocycles. The van der Waals surface area contributed by atoms with Gasteiger partial charge in [-0.1, -0.05) is 32.6 Å². The van der Waals surface area contributed by atoms with Crippen LogP contribution in [-0.2, 0) is 4.74 Å². The van der Waals surface area contributed by atoms with E-state index in [0.29, 0.717) is 17.6 Å². The van der Waals surface area contributed by atoms with E-state index in [-0.39, 0.29) is 0 Å². The minimum atomic E-state index is 0.409. The molecule has 94 valence electrons. The van der Waals surface area contributed by atoms with Crippen LogP contribution in [0, 0.1) is 11.3 Å². The standard InChI is InChI=1S/C15H28O/c1-4-5-9-15-10-7-6-8-13(11-15)14(15)16-12(2)3/h12-14H,4-11H2,1-3H3. The molecule has 0 spiro atoms. The highest BCUT2D eigenvalue weighted by molar-refractivity contribution is 5.04. The smallest absolute Gasteiger partial charge is 0.0663 e. The molecule has 2 bridgehead atoms. The molecular formula is C15H28O. The van der Waals surface area contributed by atoms with Crippen LogP contribution < -0.4 is 0 Å². The van der Waals surface area contributed by atoms with Crippen molar-refractivity contribution in [3.8, 4) is 0 Å². The van der Waals surface area contributed by atoms with Crippen LogP contribution in [0.5, 0.6) is 0 Å². The van der Waals surface area contributed by atoms with E-state index in [1.807, 2.05) is 0 Å². The minimum absolute atomic E-state index is 0.409. The van der Waals surface area contributed by atoms with Gasteiger partial charge in [-0.2, -0.15) is 0 Å². The summed E-state index contributed by atoms with van der Waals surface area (Å²) in [5.41, 5.74) is 0.585. The summed E-state index contributed by atoms with van der Waals surface area (Å²) < 4.78 is 6.23. The zero-order chi connectivity index (χ0) is 11.6. The lowest BCUT2D eigenvalue weighted by Crippen LogP contribution is -2.53. The van der Waals surface area contributed by atoms with Gasteiger partial charge >= 0.3 is 0 Å². The van der Waals surface area contributed by atoms with Gasteiger partial charge in [0.1, 0.15) is 0 Å². The molecule has 0 aliphatic heterocycles. The molecule has 0 aromatic heterocycles. The molecule has 0 saturated heterocycles. The van der Waals surface area contributed by atoms with E-state index < -0.39 is 0 Å². The monoisotopic (exact) mass is 224 g/mol. The highest BCUT2D eigenvalue weighted by atomic mass is 16.5. The molecule has 3 fully saturated rings. The average molecular weight is 224 g/mol. The Balaban J connectivity index is 2.01. The van der Waals surface area contributed by atoms with Gasteiger partial charge in [-0.05, 0) is 50.9 Å². The van der Waals surface area contributed by atoms with E-state index in [1.165, 1.54) is 51.4 Å². The number of unbranched alkanes of at least 4 members (excludes halogenated alkanes) is 1. The molecule has 1 heteroatoms. The van der Waals surface area contributed by atoms with Crippen LogP contribution in [-0.4, -0.2) is 12.2 Å². The molecule has 3 unspecified atom stereocenters. The van der Waals surface area contributed by atoms with E-state index in [9.17, 15) is 0 Å². The maximum Gasteiger partial charge on any atom is 0.0663 e. The fourth-order valence-corrected chi connectivity index (χ4v) is 3.91. The molecular weight excluding hydrogens is 196 g/mol. The summed E-state index contributed by atoms with van der Waals surface area (Å²) in [4.78, 5) is 0. The summed E-state index contributed by atoms with van der Waals surface area (Å²) in [6, 6.07) is 0. The van der Waals surface area contributed by atoms with Gasteiger partial charge in [-0.3, -0.25) is 0 Å². The van der Waals surface area contributed by atoms with Crippen molar-refractivity contribution in [3.05, 3.63) is 0 Å². The second-order valence-electron chi connectivity index (χ2n) is 6.28. The van der Waals surface area contributed by atoms with E-state index in [0.717, 1.165) is 5.92 Å². The fourth-order valence-electron chi connectivity index (χ4n) is 3.91. The van der Waals surface area contributed by atoms with Crippen molar-refractivity contribution in [3.63, 3.8) is 0 Å². The number of ether oxygens (including phenoxy) is 1. The molecule has 0 amide bonds. The van der Waals surface area contributed by atoms with Crippen LogP contribution in [0.15, 0.2) is 0 Å². The topological polar surface area (TPSA) is 9.23 Å². The Bertz CT molecular complexity index is 219. The zero-order valence-electron chi connectivity index (χ0n) is 11.3. The van der Waals surface area contributed by atoms with Crippen LogP contribution in [0.1, 0.15) is 72.1 Å². The number of hydrogen-bond acceptors (Lipinski definition) is 1. The summed E-state index contributed by atoms with van der Waals surface area (Å²) in [7, 11) is 0. The molecule has 16 heavy (non-hydrogen) atoms. The quantitative estimate of drug-likeness (QED) is 0.665. The van der Waals surface area contributed by atoms with Gasteiger partial charge in [-0.15, -0.1) is 0 Å². The highest BCUT2D eigenvalue weighted by Gasteiger charge is 2.54. The molecule has 0 heterocycles. The van der Waals surface area contributed by atoms with E-state index in [4.69, 9.17) is 4.74 Å². The Morgan fingerprint density at radius 1 is 1.31 bits per heavy atom. The Kier molecular flexibility index (Phi) is 3.94. The van der Waals surface area contributed by atoms with Gasteiger partial charge < -0.3 is 4.74 Å². The first-order chi connectivity index (χ1) is 7.68. The van der Waals surface area contributed by atoms with Gasteiger partial charge in [-0.25, -0.2) is 0 Å². The SMILES string of the molecule is CCCCC12CCCCC(C1)C2OC(C)C. The van der Waals surface area contributed by atoms with Crippen LogP contribution in [0.3, 0.4) is 0 Å². The second-order valence-corrected chi connectivity index (χ2v) is 6.28. The minimum Gasteiger partial charge on any atom is -0.375 e. The van der Waals surface area contributed by atoms with Crippen molar-refractivity contribution < 1.29 is 4.74 Å². The fraction of sp³-hybridized carbons (Fsp3) is 1.00. The summed E-state index contributed by atoms with van der Waals surface area (Å²) in [6.07, 6.45) is 12.3. The number of fused-ring (bicyclic) bond motifs is 3. The van der Waals surface area contributed by atoms with Crippen molar-refractivity contribution in [1.29, 1.82) is 0 Å². The lowest BCUT2D eigenvalue weighted by molar-refractivity contribution is -0.178. The van der Waals surface area contributed by atoms with Crippen LogP contribution in [0.4, 0.5) is 0 Å². The molecule has 3 rings (SSSR count). The molecule has 3 atom stereocenters. The van der Waals surface area contributed by atoms with Crippen LogP contribution in [0.2, 0.25) is 0 Å². The molecule has 0 aromatic rings. The van der Waals surface area contributed by atoms with Crippen molar-refractivity contribution in [2.45, 2.75) is 84.3 Å². The normalized spacial score (nSPS) is 38.2. The Labute approximate surface area is 101 Å². The predicted octanol–water partition coefficient (Wildman–Crippen LogP) is 4.55. The molecule has 0 aromatic carbocycles. The predicted molar refractivity (Wildman–Crippen MR) is 68.5 cm³/mol. The maximum absolute atomic E-state index is 6.23. The second kappa shape index (κ2) is 5.08. The first-order valence-electron chi connectivity index (χ1n) is 7.33. The molecule has 3 aliphatic carbocycles. The van der Waals surface area contributed by atoms with Crippen molar-refractivity contribution in [1.82, 2.24) is 0 Å².